The second-order valence-corrected chi connectivity index (χ2v) is 9.97. The van der Waals surface area contributed by atoms with Crippen molar-refractivity contribution in [1.82, 2.24) is 10.2 Å². The van der Waals surface area contributed by atoms with E-state index in [9.17, 15) is 9.59 Å². The van der Waals surface area contributed by atoms with Crippen molar-refractivity contribution < 1.29 is 14.3 Å². The van der Waals surface area contributed by atoms with Crippen LogP contribution in [-0.2, 0) is 22.5 Å². The molecule has 2 amide bonds. The monoisotopic (exact) mass is 524 g/mol. The van der Waals surface area contributed by atoms with Crippen LogP contribution in [0, 0.1) is 0 Å². The van der Waals surface area contributed by atoms with Crippen molar-refractivity contribution >= 4 is 29.3 Å². The lowest BCUT2D eigenvalue weighted by Crippen LogP contribution is -2.38. The van der Waals surface area contributed by atoms with E-state index in [0.717, 1.165) is 70.0 Å². The topological polar surface area (TPSA) is 73.9 Å². The first kappa shape index (κ1) is 26.7. The lowest BCUT2D eigenvalue weighted by Gasteiger charge is -2.32. The van der Waals surface area contributed by atoms with Gasteiger partial charge in [0.25, 0.3) is 5.91 Å². The predicted octanol–water partition coefficient (Wildman–Crippen LogP) is 4.35. The largest absolute Gasteiger partial charge is 0.379 e. The lowest BCUT2D eigenvalue weighted by atomic mass is 9.98. The molecule has 0 radical (unpaired) electrons. The summed E-state index contributed by atoms with van der Waals surface area (Å²) in [5.41, 5.74) is 5.64. The van der Waals surface area contributed by atoms with E-state index >= 15 is 0 Å². The summed E-state index contributed by atoms with van der Waals surface area (Å²) >= 11 is 0. The summed E-state index contributed by atoms with van der Waals surface area (Å²) < 4.78 is 5.42. The van der Waals surface area contributed by atoms with Crippen LogP contribution in [0.5, 0.6) is 0 Å². The Labute approximate surface area is 230 Å². The van der Waals surface area contributed by atoms with Crippen molar-refractivity contribution in [1.29, 1.82) is 0 Å². The zero-order valence-corrected chi connectivity index (χ0v) is 22.3. The Hall–Kier alpha value is -3.94. The van der Waals surface area contributed by atoms with Gasteiger partial charge in [0.15, 0.2) is 0 Å². The second-order valence-electron chi connectivity index (χ2n) is 9.97. The van der Waals surface area contributed by atoms with E-state index < -0.39 is 0 Å². The van der Waals surface area contributed by atoms with E-state index in [1.165, 1.54) is 17.2 Å². The van der Waals surface area contributed by atoms with E-state index in [1.807, 2.05) is 42.5 Å². The smallest absolute Gasteiger partial charge is 0.253 e. The summed E-state index contributed by atoms with van der Waals surface area (Å²) in [6, 6.07) is 23.8. The summed E-state index contributed by atoms with van der Waals surface area (Å²) in [6.45, 7) is 6.53. The highest BCUT2D eigenvalue weighted by atomic mass is 16.5. The number of hydrogen-bond donors (Lipinski definition) is 2. The number of morpholine rings is 1. The highest BCUT2D eigenvalue weighted by Gasteiger charge is 2.22. The number of benzene rings is 3. The van der Waals surface area contributed by atoms with Gasteiger partial charge in [-0.05, 0) is 60.4 Å². The summed E-state index contributed by atoms with van der Waals surface area (Å²) in [5, 5.41) is 6.03. The molecule has 7 nitrogen and oxygen atoms in total. The summed E-state index contributed by atoms with van der Waals surface area (Å²) in [5.74, 6) is -0.364. The van der Waals surface area contributed by atoms with Crippen LogP contribution in [0.1, 0.15) is 33.5 Å². The molecule has 1 saturated heterocycles. The Morgan fingerprint density at radius 1 is 0.897 bits per heavy atom. The van der Waals surface area contributed by atoms with Gasteiger partial charge in [-0.15, -0.1) is 0 Å². The minimum atomic E-state index is -0.240. The second kappa shape index (κ2) is 13.2. The summed E-state index contributed by atoms with van der Waals surface area (Å²) in [7, 11) is 0. The van der Waals surface area contributed by atoms with Gasteiger partial charge in [0.05, 0.1) is 18.8 Å². The van der Waals surface area contributed by atoms with Crippen molar-refractivity contribution in [3.05, 3.63) is 101 Å². The van der Waals surface area contributed by atoms with Crippen LogP contribution in [0.25, 0.3) is 6.08 Å². The van der Waals surface area contributed by atoms with Crippen LogP contribution >= 0.6 is 0 Å². The summed E-state index contributed by atoms with van der Waals surface area (Å²) in [4.78, 5) is 30.7. The maximum Gasteiger partial charge on any atom is 0.253 e. The van der Waals surface area contributed by atoms with Crippen molar-refractivity contribution in [2.75, 3.05) is 56.2 Å². The van der Waals surface area contributed by atoms with Crippen molar-refractivity contribution in [2.24, 2.45) is 0 Å². The maximum atomic E-state index is 13.5. The molecule has 0 spiro atoms. The van der Waals surface area contributed by atoms with Crippen LogP contribution in [-0.4, -0.2) is 62.7 Å². The molecule has 2 aliphatic rings. The Balaban J connectivity index is 1.29. The first-order valence-corrected chi connectivity index (χ1v) is 13.7. The standard InChI is InChI=1S/C32H36N4O3/c37-31(14-11-25-7-2-1-3-8-25)34-28-12-13-30(36-18-15-26-9-4-5-10-27(26)24-36)29(23-28)32(38)33-16-6-17-35-19-21-39-22-20-35/h1-5,7-14,23H,6,15-22,24H2,(H,33,38)(H,34,37). The van der Waals surface area contributed by atoms with E-state index in [-0.39, 0.29) is 11.8 Å². The molecule has 7 heteroatoms. The van der Waals surface area contributed by atoms with E-state index in [4.69, 9.17) is 4.74 Å². The van der Waals surface area contributed by atoms with Crippen molar-refractivity contribution in [3.63, 3.8) is 0 Å². The van der Waals surface area contributed by atoms with Crippen LogP contribution < -0.4 is 15.5 Å². The van der Waals surface area contributed by atoms with Crippen LogP contribution in [0.3, 0.4) is 0 Å². The first-order chi connectivity index (χ1) is 19.2. The number of carbonyl (C=O) groups is 2. The average Bonchev–Trinajstić information content (AvgIpc) is 2.99. The van der Waals surface area contributed by atoms with Crippen molar-refractivity contribution in [3.8, 4) is 0 Å². The predicted molar refractivity (Wildman–Crippen MR) is 156 cm³/mol. The molecule has 3 aromatic carbocycles. The number of carbonyl (C=O) groups excluding carboxylic acids is 2. The van der Waals surface area contributed by atoms with Crippen LogP contribution in [0.15, 0.2) is 78.9 Å². The number of rotatable bonds is 9. The third-order valence-corrected chi connectivity index (χ3v) is 7.25. The Morgan fingerprint density at radius 2 is 1.67 bits per heavy atom. The highest BCUT2D eigenvalue weighted by molar-refractivity contribution is 6.05. The van der Waals surface area contributed by atoms with Crippen LogP contribution in [0.2, 0.25) is 0 Å². The van der Waals surface area contributed by atoms with Gasteiger partial charge in [0, 0.05) is 50.2 Å². The highest BCUT2D eigenvalue weighted by Crippen LogP contribution is 2.29. The normalized spacial score (nSPS) is 15.6. The van der Waals surface area contributed by atoms with Gasteiger partial charge in [-0.3, -0.25) is 14.5 Å². The average molecular weight is 525 g/mol. The molecule has 0 aromatic heterocycles. The number of hydrogen-bond acceptors (Lipinski definition) is 5. The molecule has 1 fully saturated rings. The fourth-order valence-electron chi connectivity index (χ4n) is 5.12. The Morgan fingerprint density at radius 3 is 2.49 bits per heavy atom. The number of ether oxygens (including phenoxy) is 1. The molecule has 0 atom stereocenters. The van der Waals surface area contributed by atoms with Gasteiger partial charge in [0.2, 0.25) is 5.91 Å². The molecule has 2 heterocycles. The molecule has 39 heavy (non-hydrogen) atoms. The SMILES string of the molecule is O=C(C=Cc1ccccc1)Nc1ccc(N2CCc3ccccc3C2)c(C(=O)NCCCN2CCOCC2)c1. The maximum absolute atomic E-state index is 13.5. The number of fused-ring (bicyclic) bond motifs is 1. The zero-order valence-electron chi connectivity index (χ0n) is 22.3. The minimum absolute atomic E-state index is 0.123. The molecule has 2 aliphatic heterocycles. The van der Waals surface area contributed by atoms with Gasteiger partial charge in [0.1, 0.15) is 0 Å². The molecule has 202 valence electrons. The molecule has 0 bridgehead atoms. The summed E-state index contributed by atoms with van der Waals surface area (Å²) in [6.07, 6.45) is 5.09. The molecule has 3 aromatic rings. The van der Waals surface area contributed by atoms with Crippen LogP contribution in [0.4, 0.5) is 11.4 Å². The van der Waals surface area contributed by atoms with Crippen molar-refractivity contribution in [2.45, 2.75) is 19.4 Å². The molecule has 0 aliphatic carbocycles. The molecule has 2 N–H and O–H groups in total. The van der Waals surface area contributed by atoms with E-state index in [1.54, 1.807) is 12.1 Å². The number of nitrogens with one attached hydrogen (secondary N) is 2. The van der Waals surface area contributed by atoms with Gasteiger partial charge in [-0.1, -0.05) is 54.6 Å². The third-order valence-electron chi connectivity index (χ3n) is 7.25. The Kier molecular flexibility index (Phi) is 9.04. The van der Waals surface area contributed by atoms with Gasteiger partial charge in [-0.2, -0.15) is 0 Å². The minimum Gasteiger partial charge on any atom is -0.379 e. The fraction of sp³-hybridized carbons (Fsp3) is 0.312. The van der Waals surface area contributed by atoms with Gasteiger partial charge >= 0.3 is 0 Å². The number of nitrogens with zero attached hydrogens (tertiary/aromatic N) is 2. The quantitative estimate of drug-likeness (QED) is 0.322. The van der Waals surface area contributed by atoms with E-state index in [2.05, 4.69) is 44.7 Å². The Bertz CT molecular complexity index is 1300. The molecule has 0 saturated carbocycles. The number of anilines is 2. The lowest BCUT2D eigenvalue weighted by molar-refractivity contribution is -0.111. The van der Waals surface area contributed by atoms with E-state index in [0.29, 0.717) is 17.8 Å². The number of amides is 2. The third kappa shape index (κ3) is 7.34. The molecule has 5 rings (SSSR count). The van der Waals surface area contributed by atoms with Gasteiger partial charge in [-0.25, -0.2) is 0 Å². The fourth-order valence-corrected chi connectivity index (χ4v) is 5.12. The first-order valence-electron chi connectivity index (χ1n) is 13.7. The van der Waals surface area contributed by atoms with Gasteiger partial charge < -0.3 is 20.3 Å². The zero-order chi connectivity index (χ0) is 26.9. The molecular weight excluding hydrogens is 488 g/mol. The molecular formula is C32H36N4O3. The molecule has 0 unspecified atom stereocenters.